The minimum absolute atomic E-state index is 0.197. The van der Waals surface area contributed by atoms with Crippen molar-refractivity contribution in [2.45, 2.75) is 19.9 Å². The Morgan fingerprint density at radius 2 is 1.86 bits per heavy atom. The lowest BCUT2D eigenvalue weighted by molar-refractivity contribution is 0.624. The maximum absolute atomic E-state index is 6.36. The fourth-order valence-electron chi connectivity index (χ4n) is 2.51. The molecule has 21 heavy (non-hydrogen) atoms. The summed E-state index contributed by atoms with van der Waals surface area (Å²) in [6.45, 7) is 4.18. The van der Waals surface area contributed by atoms with E-state index in [2.05, 4.69) is 18.4 Å². The Kier molecular flexibility index (Phi) is 3.56. The Labute approximate surface area is 133 Å². The predicted octanol–water partition coefficient (Wildman–Crippen LogP) is 5.17. The third kappa shape index (κ3) is 2.37. The molecule has 0 bridgehead atoms. The number of hydrogen-bond acceptors (Lipinski definition) is 2. The number of anilines is 1. The normalized spacial score (nSPS) is 11.5. The third-order valence-corrected chi connectivity index (χ3v) is 4.04. The van der Waals surface area contributed by atoms with Gasteiger partial charge in [-0.1, -0.05) is 29.3 Å². The van der Waals surface area contributed by atoms with Gasteiger partial charge in [0.1, 0.15) is 5.82 Å². The van der Waals surface area contributed by atoms with E-state index in [1.54, 1.807) is 12.1 Å². The molecule has 0 aliphatic heterocycles. The largest absolute Gasteiger partial charge is 0.399 e. The maximum atomic E-state index is 6.36. The van der Waals surface area contributed by atoms with Gasteiger partial charge in [-0.25, -0.2) is 4.98 Å². The molecule has 3 aromatic rings. The van der Waals surface area contributed by atoms with E-state index in [-0.39, 0.29) is 6.04 Å². The highest BCUT2D eigenvalue weighted by Gasteiger charge is 2.18. The molecule has 5 heteroatoms. The number of rotatable bonds is 2. The van der Waals surface area contributed by atoms with Crippen molar-refractivity contribution in [2.24, 2.45) is 0 Å². The van der Waals surface area contributed by atoms with Gasteiger partial charge in [0.25, 0.3) is 0 Å². The lowest BCUT2D eigenvalue weighted by atomic mass is 10.2. The van der Waals surface area contributed by atoms with Gasteiger partial charge in [0, 0.05) is 17.3 Å². The Hall–Kier alpha value is -1.71. The smallest absolute Gasteiger partial charge is 0.142 e. The molecule has 0 spiro atoms. The molecule has 0 unspecified atom stereocenters. The average Bonchev–Trinajstić information content (AvgIpc) is 2.82. The van der Waals surface area contributed by atoms with Gasteiger partial charge in [0.05, 0.1) is 21.1 Å². The summed E-state index contributed by atoms with van der Waals surface area (Å²) >= 11 is 12.7. The zero-order valence-electron chi connectivity index (χ0n) is 11.8. The number of nitrogens with two attached hydrogens (primary N) is 1. The number of fused-ring (bicyclic) bond motifs is 1. The summed E-state index contributed by atoms with van der Waals surface area (Å²) in [7, 11) is 0. The summed E-state index contributed by atoms with van der Waals surface area (Å²) < 4.78 is 2.10. The van der Waals surface area contributed by atoms with Crippen LogP contribution in [-0.2, 0) is 0 Å². The van der Waals surface area contributed by atoms with Crippen LogP contribution in [0.4, 0.5) is 5.69 Å². The first-order valence-electron chi connectivity index (χ1n) is 6.71. The number of halogens is 2. The Bertz CT molecular complexity index is 822. The summed E-state index contributed by atoms with van der Waals surface area (Å²) in [6.07, 6.45) is 0. The van der Waals surface area contributed by atoms with Gasteiger partial charge < -0.3 is 10.3 Å². The summed E-state index contributed by atoms with van der Waals surface area (Å²) in [4.78, 5) is 4.71. The maximum Gasteiger partial charge on any atom is 0.142 e. The molecule has 0 atom stereocenters. The molecular formula is C16H15Cl2N3. The van der Waals surface area contributed by atoms with Crippen molar-refractivity contribution in [3.8, 4) is 11.4 Å². The van der Waals surface area contributed by atoms with Gasteiger partial charge in [0.2, 0.25) is 0 Å². The van der Waals surface area contributed by atoms with E-state index < -0.39 is 0 Å². The van der Waals surface area contributed by atoms with Crippen LogP contribution in [0.1, 0.15) is 19.9 Å². The summed E-state index contributed by atoms with van der Waals surface area (Å²) in [6, 6.07) is 11.3. The topological polar surface area (TPSA) is 43.8 Å². The van der Waals surface area contributed by atoms with Crippen LogP contribution < -0.4 is 5.73 Å². The van der Waals surface area contributed by atoms with Crippen molar-refractivity contribution in [1.29, 1.82) is 0 Å². The highest BCUT2D eigenvalue weighted by atomic mass is 35.5. The van der Waals surface area contributed by atoms with E-state index in [0.29, 0.717) is 15.7 Å². The van der Waals surface area contributed by atoms with Gasteiger partial charge in [-0.3, -0.25) is 0 Å². The number of hydrogen-bond donors (Lipinski definition) is 1. The van der Waals surface area contributed by atoms with Crippen LogP contribution in [-0.4, -0.2) is 9.55 Å². The molecule has 3 nitrogen and oxygen atoms in total. The summed E-state index contributed by atoms with van der Waals surface area (Å²) in [5.41, 5.74) is 9.14. The SMILES string of the molecule is CC(C)n1c(-c2cc(N)ccc2Cl)nc2cccc(Cl)c21. The molecule has 2 aromatic carbocycles. The Morgan fingerprint density at radius 3 is 2.57 bits per heavy atom. The number of benzene rings is 2. The highest BCUT2D eigenvalue weighted by Crippen LogP contribution is 2.36. The quantitative estimate of drug-likeness (QED) is 0.662. The van der Waals surface area contributed by atoms with Crippen LogP contribution in [0.25, 0.3) is 22.4 Å². The van der Waals surface area contributed by atoms with Crippen molar-refractivity contribution in [3.05, 3.63) is 46.4 Å². The molecule has 108 valence electrons. The minimum Gasteiger partial charge on any atom is -0.399 e. The van der Waals surface area contributed by atoms with Crippen LogP contribution in [0.2, 0.25) is 10.0 Å². The van der Waals surface area contributed by atoms with Gasteiger partial charge in [-0.15, -0.1) is 0 Å². The van der Waals surface area contributed by atoms with Gasteiger partial charge in [-0.05, 0) is 44.2 Å². The van der Waals surface area contributed by atoms with Crippen molar-refractivity contribution in [3.63, 3.8) is 0 Å². The molecule has 1 heterocycles. The van der Waals surface area contributed by atoms with Crippen molar-refractivity contribution >= 4 is 39.9 Å². The lowest BCUT2D eigenvalue weighted by Crippen LogP contribution is -2.04. The molecule has 2 N–H and O–H groups in total. The van der Waals surface area contributed by atoms with E-state index in [4.69, 9.17) is 33.9 Å². The first kappa shape index (κ1) is 14.2. The van der Waals surface area contributed by atoms with Crippen LogP contribution in [0.5, 0.6) is 0 Å². The highest BCUT2D eigenvalue weighted by molar-refractivity contribution is 6.35. The number of nitrogen functional groups attached to an aromatic ring is 1. The second kappa shape index (κ2) is 5.24. The second-order valence-electron chi connectivity index (χ2n) is 5.25. The molecule has 0 saturated heterocycles. The van der Waals surface area contributed by atoms with E-state index in [1.807, 2.05) is 24.3 Å². The van der Waals surface area contributed by atoms with Crippen molar-refractivity contribution < 1.29 is 0 Å². The van der Waals surface area contributed by atoms with E-state index in [9.17, 15) is 0 Å². The van der Waals surface area contributed by atoms with Crippen molar-refractivity contribution in [2.75, 3.05) is 5.73 Å². The molecule has 0 aliphatic carbocycles. The Morgan fingerprint density at radius 1 is 1.10 bits per heavy atom. The second-order valence-corrected chi connectivity index (χ2v) is 6.06. The Balaban J connectivity index is 2.40. The molecule has 3 rings (SSSR count). The first-order chi connectivity index (χ1) is 9.99. The van der Waals surface area contributed by atoms with Crippen LogP contribution in [0.3, 0.4) is 0 Å². The monoisotopic (exact) mass is 319 g/mol. The third-order valence-electron chi connectivity index (χ3n) is 3.41. The molecule has 0 amide bonds. The van der Waals surface area contributed by atoms with Crippen molar-refractivity contribution in [1.82, 2.24) is 9.55 Å². The van der Waals surface area contributed by atoms with Gasteiger partial charge >= 0.3 is 0 Å². The number of imidazole rings is 1. The summed E-state index contributed by atoms with van der Waals surface area (Å²) in [5.74, 6) is 0.783. The fourth-order valence-corrected chi connectivity index (χ4v) is 2.98. The zero-order chi connectivity index (χ0) is 15.1. The lowest BCUT2D eigenvalue weighted by Gasteiger charge is -2.15. The predicted molar refractivity (Wildman–Crippen MR) is 90.0 cm³/mol. The number of para-hydroxylation sites is 1. The first-order valence-corrected chi connectivity index (χ1v) is 7.46. The van der Waals surface area contributed by atoms with E-state index in [1.165, 1.54) is 0 Å². The van der Waals surface area contributed by atoms with Gasteiger partial charge in [0.15, 0.2) is 0 Å². The molecule has 0 fully saturated rings. The molecule has 0 saturated carbocycles. The van der Waals surface area contributed by atoms with Crippen LogP contribution in [0, 0.1) is 0 Å². The molecule has 1 aromatic heterocycles. The summed E-state index contributed by atoms with van der Waals surface area (Å²) in [5, 5.41) is 1.30. The van der Waals surface area contributed by atoms with Crippen LogP contribution in [0.15, 0.2) is 36.4 Å². The fraction of sp³-hybridized carbons (Fsp3) is 0.188. The zero-order valence-corrected chi connectivity index (χ0v) is 13.3. The molecule has 0 radical (unpaired) electrons. The van der Waals surface area contributed by atoms with E-state index >= 15 is 0 Å². The van der Waals surface area contributed by atoms with Crippen LogP contribution >= 0.6 is 23.2 Å². The number of aromatic nitrogens is 2. The standard InChI is InChI=1S/C16H15Cl2N3/c1-9(2)21-15-13(18)4-3-5-14(15)20-16(21)11-8-10(19)6-7-12(11)17/h3-9H,19H2,1-2H3. The van der Waals surface area contributed by atoms with E-state index in [0.717, 1.165) is 22.4 Å². The minimum atomic E-state index is 0.197. The average molecular weight is 320 g/mol. The molecular weight excluding hydrogens is 305 g/mol. The number of nitrogens with zero attached hydrogens (tertiary/aromatic N) is 2. The van der Waals surface area contributed by atoms with Gasteiger partial charge in [-0.2, -0.15) is 0 Å². The molecule has 0 aliphatic rings.